The summed E-state index contributed by atoms with van der Waals surface area (Å²) in [5, 5.41) is 3.21. The van der Waals surface area contributed by atoms with Crippen LogP contribution < -0.4 is 5.73 Å². The van der Waals surface area contributed by atoms with E-state index in [-0.39, 0.29) is 6.04 Å². The molecule has 0 radical (unpaired) electrons. The fourth-order valence-electron chi connectivity index (χ4n) is 2.27. The highest BCUT2D eigenvalue weighted by Crippen LogP contribution is 2.20. The molecule has 102 valence electrons. The lowest BCUT2D eigenvalue weighted by Crippen LogP contribution is -2.14. The molecule has 2 rings (SSSR count). The lowest BCUT2D eigenvalue weighted by Gasteiger charge is -2.13. The number of aromatic nitrogens is 1. The quantitative estimate of drug-likeness (QED) is 0.898. The normalized spacial score (nSPS) is 12.9. The van der Waals surface area contributed by atoms with Crippen LogP contribution in [0, 0.1) is 12.8 Å². The molecule has 1 aromatic heterocycles. The van der Waals surface area contributed by atoms with Crippen LogP contribution in [-0.2, 0) is 12.8 Å². The predicted molar refractivity (Wildman–Crippen MR) is 82.5 cm³/mol. The van der Waals surface area contributed by atoms with Crippen molar-refractivity contribution in [3.8, 4) is 0 Å². The van der Waals surface area contributed by atoms with Gasteiger partial charge in [0, 0.05) is 17.8 Å². The molecule has 2 nitrogen and oxygen atoms in total. The van der Waals surface area contributed by atoms with Gasteiger partial charge >= 0.3 is 0 Å². The molecule has 2 N–H and O–H groups in total. The van der Waals surface area contributed by atoms with E-state index in [1.165, 1.54) is 11.1 Å². The minimum atomic E-state index is 0.0358. The van der Waals surface area contributed by atoms with Crippen LogP contribution in [0.2, 0.25) is 0 Å². The third kappa shape index (κ3) is 4.15. The van der Waals surface area contributed by atoms with Crippen LogP contribution in [0.5, 0.6) is 0 Å². The second kappa shape index (κ2) is 6.31. The zero-order chi connectivity index (χ0) is 13.8. The highest BCUT2D eigenvalue weighted by Gasteiger charge is 2.10. The Bertz CT molecular complexity index is 531. The monoisotopic (exact) mass is 274 g/mol. The van der Waals surface area contributed by atoms with Gasteiger partial charge in [0.1, 0.15) is 0 Å². The summed E-state index contributed by atoms with van der Waals surface area (Å²) in [5.41, 5.74) is 9.99. The van der Waals surface area contributed by atoms with Gasteiger partial charge in [0.15, 0.2) is 0 Å². The Labute approximate surface area is 119 Å². The number of hydrogen-bond acceptors (Lipinski definition) is 3. The minimum Gasteiger partial charge on any atom is -0.324 e. The van der Waals surface area contributed by atoms with Crippen LogP contribution in [0.15, 0.2) is 29.6 Å². The molecule has 3 heteroatoms. The smallest absolute Gasteiger partial charge is 0.0897 e. The molecule has 19 heavy (non-hydrogen) atoms. The van der Waals surface area contributed by atoms with Crippen molar-refractivity contribution in [1.29, 1.82) is 0 Å². The molecule has 0 aliphatic rings. The van der Waals surface area contributed by atoms with E-state index in [1.54, 1.807) is 11.3 Å². The van der Waals surface area contributed by atoms with Crippen molar-refractivity contribution in [3.05, 3.63) is 51.5 Å². The van der Waals surface area contributed by atoms with Crippen molar-refractivity contribution in [1.82, 2.24) is 4.98 Å². The number of thiazole rings is 1. The van der Waals surface area contributed by atoms with Crippen LogP contribution in [0.4, 0.5) is 0 Å². The van der Waals surface area contributed by atoms with Gasteiger partial charge in [-0.1, -0.05) is 38.1 Å². The maximum atomic E-state index is 6.30. The molecular formula is C16H22N2S. The number of benzene rings is 1. The number of nitrogens with two attached hydrogens (primary N) is 1. The SMILES string of the molecule is Cc1nc(CC(N)c2cccc(CC(C)C)c2)cs1. The molecule has 0 aliphatic carbocycles. The molecule has 0 amide bonds. The average Bonchev–Trinajstić information content (AvgIpc) is 2.74. The van der Waals surface area contributed by atoms with E-state index >= 15 is 0 Å². The van der Waals surface area contributed by atoms with Gasteiger partial charge in [-0.2, -0.15) is 0 Å². The summed E-state index contributed by atoms with van der Waals surface area (Å²) in [5.74, 6) is 0.674. The molecule has 1 unspecified atom stereocenters. The molecule has 0 aliphatic heterocycles. The molecule has 0 bridgehead atoms. The molecule has 1 aromatic carbocycles. The Balaban J connectivity index is 2.08. The van der Waals surface area contributed by atoms with E-state index in [1.807, 2.05) is 6.92 Å². The highest BCUT2D eigenvalue weighted by molar-refractivity contribution is 7.09. The van der Waals surface area contributed by atoms with Crippen molar-refractivity contribution in [2.24, 2.45) is 11.7 Å². The minimum absolute atomic E-state index is 0.0358. The Morgan fingerprint density at radius 1 is 1.26 bits per heavy atom. The predicted octanol–water partition coefficient (Wildman–Crippen LogP) is 3.89. The fraction of sp³-hybridized carbons (Fsp3) is 0.438. The topological polar surface area (TPSA) is 38.9 Å². The maximum Gasteiger partial charge on any atom is 0.0897 e. The molecule has 0 saturated heterocycles. The average molecular weight is 274 g/mol. The summed E-state index contributed by atoms with van der Waals surface area (Å²) in [6, 6.07) is 8.69. The summed E-state index contributed by atoms with van der Waals surface area (Å²) in [4.78, 5) is 4.49. The molecular weight excluding hydrogens is 252 g/mol. The van der Waals surface area contributed by atoms with Gasteiger partial charge in [-0.25, -0.2) is 4.98 Å². The molecule has 0 saturated carbocycles. The van der Waals surface area contributed by atoms with E-state index in [2.05, 4.69) is 48.5 Å². The van der Waals surface area contributed by atoms with Gasteiger partial charge < -0.3 is 5.73 Å². The molecule has 0 fully saturated rings. The van der Waals surface area contributed by atoms with Gasteiger partial charge in [0.05, 0.1) is 10.7 Å². The van der Waals surface area contributed by atoms with Crippen molar-refractivity contribution in [2.45, 2.75) is 39.7 Å². The zero-order valence-electron chi connectivity index (χ0n) is 11.9. The summed E-state index contributed by atoms with van der Waals surface area (Å²) < 4.78 is 0. The van der Waals surface area contributed by atoms with Crippen LogP contribution in [0.3, 0.4) is 0 Å². The van der Waals surface area contributed by atoms with Crippen LogP contribution >= 0.6 is 11.3 Å². The third-order valence-corrected chi connectivity index (χ3v) is 3.94. The van der Waals surface area contributed by atoms with Gasteiger partial charge in [-0.3, -0.25) is 0 Å². The van der Waals surface area contributed by atoms with E-state index < -0.39 is 0 Å². The standard InChI is InChI=1S/C16H22N2S/c1-11(2)7-13-5-4-6-14(8-13)16(17)9-15-10-19-12(3)18-15/h4-6,8,10-11,16H,7,9,17H2,1-3H3. The van der Waals surface area contributed by atoms with Crippen molar-refractivity contribution >= 4 is 11.3 Å². The first-order valence-electron chi connectivity index (χ1n) is 6.80. The van der Waals surface area contributed by atoms with Crippen LogP contribution in [-0.4, -0.2) is 4.98 Å². The van der Waals surface area contributed by atoms with Crippen molar-refractivity contribution in [2.75, 3.05) is 0 Å². The van der Waals surface area contributed by atoms with Gasteiger partial charge in [0.2, 0.25) is 0 Å². The van der Waals surface area contributed by atoms with Gasteiger partial charge in [0.25, 0.3) is 0 Å². The maximum absolute atomic E-state index is 6.30. The van der Waals surface area contributed by atoms with E-state index in [0.29, 0.717) is 5.92 Å². The van der Waals surface area contributed by atoms with E-state index in [9.17, 15) is 0 Å². The molecule has 1 heterocycles. The summed E-state index contributed by atoms with van der Waals surface area (Å²) in [6.07, 6.45) is 1.92. The fourth-order valence-corrected chi connectivity index (χ4v) is 2.89. The van der Waals surface area contributed by atoms with Gasteiger partial charge in [-0.15, -0.1) is 11.3 Å². The van der Waals surface area contributed by atoms with Crippen LogP contribution in [0.1, 0.15) is 41.7 Å². The first-order valence-corrected chi connectivity index (χ1v) is 7.68. The second-order valence-corrected chi connectivity index (χ2v) is 6.57. The largest absolute Gasteiger partial charge is 0.324 e. The second-order valence-electron chi connectivity index (χ2n) is 5.51. The first kappa shape index (κ1) is 14.2. The first-order chi connectivity index (χ1) is 9.04. The summed E-state index contributed by atoms with van der Waals surface area (Å²) in [6.45, 7) is 6.51. The number of rotatable bonds is 5. The Kier molecular flexibility index (Phi) is 4.72. The van der Waals surface area contributed by atoms with E-state index in [0.717, 1.165) is 23.5 Å². The Morgan fingerprint density at radius 3 is 2.68 bits per heavy atom. The zero-order valence-corrected chi connectivity index (χ0v) is 12.7. The molecule has 2 aromatic rings. The molecule has 0 spiro atoms. The highest BCUT2D eigenvalue weighted by atomic mass is 32.1. The number of hydrogen-bond donors (Lipinski definition) is 1. The molecule has 1 atom stereocenters. The number of aryl methyl sites for hydroxylation is 1. The summed E-state index contributed by atoms with van der Waals surface area (Å²) >= 11 is 1.69. The van der Waals surface area contributed by atoms with Crippen LogP contribution in [0.25, 0.3) is 0 Å². The van der Waals surface area contributed by atoms with Crippen molar-refractivity contribution in [3.63, 3.8) is 0 Å². The lowest BCUT2D eigenvalue weighted by atomic mass is 9.97. The lowest BCUT2D eigenvalue weighted by molar-refractivity contribution is 0.644. The third-order valence-electron chi connectivity index (χ3n) is 3.12. The Hall–Kier alpha value is -1.19. The van der Waals surface area contributed by atoms with Gasteiger partial charge in [-0.05, 0) is 30.4 Å². The van der Waals surface area contributed by atoms with E-state index in [4.69, 9.17) is 5.73 Å². The van der Waals surface area contributed by atoms with Crippen molar-refractivity contribution < 1.29 is 0 Å². The Morgan fingerprint density at radius 2 is 2.05 bits per heavy atom. The summed E-state index contributed by atoms with van der Waals surface area (Å²) in [7, 11) is 0. The number of nitrogens with zero attached hydrogens (tertiary/aromatic N) is 1.